The van der Waals surface area contributed by atoms with Crippen molar-refractivity contribution in [3.8, 4) is 17.1 Å². The average Bonchev–Trinajstić information content (AvgIpc) is 2.71. The molecule has 7 nitrogen and oxygen atoms in total. The lowest BCUT2D eigenvalue weighted by Gasteiger charge is -2.35. The van der Waals surface area contributed by atoms with E-state index in [-0.39, 0.29) is 23.2 Å². The Morgan fingerprint density at radius 2 is 1.82 bits per heavy atom. The first-order chi connectivity index (χ1) is 15.6. The van der Waals surface area contributed by atoms with Gasteiger partial charge in [-0.25, -0.2) is 17.7 Å². The van der Waals surface area contributed by atoms with Crippen molar-refractivity contribution in [1.29, 1.82) is 0 Å². The summed E-state index contributed by atoms with van der Waals surface area (Å²) in [6.07, 6.45) is -4.80. The Hall–Kier alpha value is -2.37. The van der Waals surface area contributed by atoms with Gasteiger partial charge in [-0.15, -0.1) is 0 Å². The van der Waals surface area contributed by atoms with Crippen molar-refractivity contribution in [1.82, 2.24) is 9.29 Å². The van der Waals surface area contributed by atoms with Crippen LogP contribution >= 0.6 is 0 Å². The summed E-state index contributed by atoms with van der Waals surface area (Å²) in [4.78, 5) is 5.95. The number of hydrogen-bond donors (Lipinski definition) is 0. The van der Waals surface area contributed by atoms with E-state index in [9.17, 15) is 21.6 Å². The third-order valence-corrected chi connectivity index (χ3v) is 7.06. The first kappa shape index (κ1) is 26.2. The summed E-state index contributed by atoms with van der Waals surface area (Å²) in [7, 11) is -1.53. The van der Waals surface area contributed by atoms with Gasteiger partial charge in [0.25, 0.3) is 0 Å². The molecule has 1 aliphatic rings. The fourth-order valence-corrected chi connectivity index (χ4v) is 4.55. The Kier molecular flexibility index (Phi) is 7.22. The zero-order chi connectivity index (χ0) is 25.5. The predicted molar refractivity (Wildman–Crippen MR) is 124 cm³/mol. The highest BCUT2D eigenvalue weighted by molar-refractivity contribution is 7.89. The summed E-state index contributed by atoms with van der Waals surface area (Å²) in [6.45, 7) is 8.96. The molecule has 0 unspecified atom stereocenters. The molecule has 1 saturated heterocycles. The van der Waals surface area contributed by atoms with Gasteiger partial charge in [-0.05, 0) is 45.9 Å². The van der Waals surface area contributed by atoms with E-state index in [1.54, 1.807) is 12.1 Å². The van der Waals surface area contributed by atoms with Gasteiger partial charge in [0.1, 0.15) is 5.60 Å². The number of hydrogen-bond acceptors (Lipinski definition) is 6. The van der Waals surface area contributed by atoms with Crippen LogP contribution in [0.15, 0.2) is 35.2 Å². The summed E-state index contributed by atoms with van der Waals surface area (Å²) >= 11 is 0. The van der Waals surface area contributed by atoms with E-state index < -0.39 is 32.3 Å². The lowest BCUT2D eigenvalue weighted by Crippen LogP contribution is -2.43. The standard InChI is InChI=1S/C23H30F3N3O4S/c1-15-14-32-10-9-29(15)16-11-20(27-21(12-16)33-22(2,3)4)18-8-7-17(34(30,31)28(5)6)13-19(18)23(24,25)26/h7-8,11-13,15H,9-10,14H2,1-6H3/t15-/m1/s1. The molecule has 188 valence electrons. The van der Waals surface area contributed by atoms with Crippen molar-refractivity contribution in [3.05, 3.63) is 35.9 Å². The summed E-state index contributed by atoms with van der Waals surface area (Å²) < 4.78 is 79.5. The maximum absolute atomic E-state index is 14.1. The molecule has 0 radical (unpaired) electrons. The van der Waals surface area contributed by atoms with Crippen LogP contribution in [-0.4, -0.2) is 63.2 Å². The van der Waals surface area contributed by atoms with Gasteiger partial charge in [-0.2, -0.15) is 13.2 Å². The number of pyridine rings is 1. The van der Waals surface area contributed by atoms with Crippen LogP contribution in [0.1, 0.15) is 33.3 Å². The molecule has 34 heavy (non-hydrogen) atoms. The lowest BCUT2D eigenvalue weighted by molar-refractivity contribution is -0.137. The van der Waals surface area contributed by atoms with Gasteiger partial charge in [0.15, 0.2) is 0 Å². The molecule has 1 fully saturated rings. The van der Waals surface area contributed by atoms with Gasteiger partial charge in [-0.1, -0.05) is 6.07 Å². The second-order valence-electron chi connectivity index (χ2n) is 9.37. The molecular weight excluding hydrogens is 471 g/mol. The molecule has 1 atom stereocenters. The van der Waals surface area contributed by atoms with Crippen molar-refractivity contribution in [2.75, 3.05) is 38.8 Å². The quantitative estimate of drug-likeness (QED) is 0.604. The van der Waals surface area contributed by atoms with Gasteiger partial charge in [-0.3, -0.25) is 0 Å². The highest BCUT2D eigenvalue weighted by Gasteiger charge is 2.36. The molecule has 0 saturated carbocycles. The molecule has 0 N–H and O–H groups in total. The predicted octanol–water partition coefficient (Wildman–Crippen LogP) is 4.42. The van der Waals surface area contributed by atoms with Crippen LogP contribution in [0.4, 0.5) is 18.9 Å². The highest BCUT2D eigenvalue weighted by atomic mass is 32.2. The van der Waals surface area contributed by atoms with Crippen LogP contribution in [0, 0.1) is 0 Å². The maximum Gasteiger partial charge on any atom is 0.417 e. The molecule has 1 aromatic heterocycles. The number of morpholine rings is 1. The van der Waals surface area contributed by atoms with Gasteiger partial charge in [0, 0.05) is 44.0 Å². The zero-order valence-electron chi connectivity index (χ0n) is 20.1. The number of rotatable bonds is 5. The number of nitrogens with zero attached hydrogens (tertiary/aromatic N) is 3. The Morgan fingerprint density at radius 1 is 1.15 bits per heavy atom. The van der Waals surface area contributed by atoms with Gasteiger partial charge < -0.3 is 14.4 Å². The molecule has 0 amide bonds. The molecule has 2 heterocycles. The first-order valence-electron chi connectivity index (χ1n) is 10.8. The molecule has 3 rings (SSSR count). The third-order valence-electron chi connectivity index (χ3n) is 5.25. The molecular formula is C23H30F3N3O4S. The highest BCUT2D eigenvalue weighted by Crippen LogP contribution is 2.40. The minimum absolute atomic E-state index is 0.00110. The third kappa shape index (κ3) is 5.81. The van der Waals surface area contributed by atoms with E-state index in [0.717, 1.165) is 16.4 Å². The Morgan fingerprint density at radius 3 is 2.38 bits per heavy atom. The SMILES string of the molecule is C[C@@H]1COCCN1c1cc(OC(C)(C)C)nc(-c2ccc(S(=O)(=O)N(C)C)cc2C(F)(F)F)c1. The number of aromatic nitrogens is 1. The minimum atomic E-state index is -4.80. The molecule has 0 spiro atoms. The van der Waals surface area contributed by atoms with E-state index >= 15 is 0 Å². The van der Waals surface area contributed by atoms with Crippen LogP contribution in [-0.2, 0) is 20.9 Å². The summed E-state index contributed by atoms with van der Waals surface area (Å²) in [6, 6.07) is 6.24. The van der Waals surface area contributed by atoms with Crippen molar-refractivity contribution in [3.63, 3.8) is 0 Å². The monoisotopic (exact) mass is 501 g/mol. The Bertz CT molecular complexity index is 1150. The molecule has 0 aliphatic carbocycles. The lowest BCUT2D eigenvalue weighted by atomic mass is 10.0. The van der Waals surface area contributed by atoms with Crippen molar-refractivity contribution < 1.29 is 31.1 Å². The molecule has 2 aromatic rings. The number of ether oxygens (including phenoxy) is 2. The van der Waals surface area contributed by atoms with E-state index in [1.807, 2.05) is 32.6 Å². The first-order valence-corrected chi connectivity index (χ1v) is 12.2. The van der Waals surface area contributed by atoms with Gasteiger partial charge in [0.2, 0.25) is 15.9 Å². The number of halogens is 3. The fourth-order valence-electron chi connectivity index (χ4n) is 3.62. The number of benzene rings is 1. The number of alkyl halides is 3. The number of anilines is 1. The second-order valence-corrected chi connectivity index (χ2v) is 11.5. The van der Waals surface area contributed by atoms with Crippen LogP contribution < -0.4 is 9.64 Å². The topological polar surface area (TPSA) is 72.0 Å². The van der Waals surface area contributed by atoms with E-state index in [1.165, 1.54) is 14.1 Å². The van der Waals surface area contributed by atoms with Crippen LogP contribution in [0.5, 0.6) is 5.88 Å². The smallest absolute Gasteiger partial charge is 0.417 e. The van der Waals surface area contributed by atoms with Crippen molar-refractivity contribution in [2.45, 2.75) is 50.4 Å². The molecule has 0 bridgehead atoms. The fraction of sp³-hybridized carbons (Fsp3) is 0.522. The summed E-state index contributed by atoms with van der Waals surface area (Å²) in [5.74, 6) is 0.178. The van der Waals surface area contributed by atoms with Crippen LogP contribution in [0.25, 0.3) is 11.3 Å². The Balaban J connectivity index is 2.22. The van der Waals surface area contributed by atoms with E-state index in [4.69, 9.17) is 9.47 Å². The average molecular weight is 502 g/mol. The Labute approximate surface area is 198 Å². The second kappa shape index (κ2) is 9.35. The van der Waals surface area contributed by atoms with Crippen molar-refractivity contribution >= 4 is 15.7 Å². The van der Waals surface area contributed by atoms with E-state index in [0.29, 0.717) is 31.5 Å². The normalized spacial score (nSPS) is 17.8. The van der Waals surface area contributed by atoms with Gasteiger partial charge in [0.05, 0.1) is 29.4 Å². The minimum Gasteiger partial charge on any atom is -0.472 e. The van der Waals surface area contributed by atoms with Crippen LogP contribution in [0.3, 0.4) is 0 Å². The summed E-state index contributed by atoms with van der Waals surface area (Å²) in [5.41, 5.74) is -1.26. The maximum atomic E-state index is 14.1. The van der Waals surface area contributed by atoms with E-state index in [2.05, 4.69) is 4.98 Å². The largest absolute Gasteiger partial charge is 0.472 e. The molecule has 1 aliphatic heterocycles. The number of sulfonamides is 1. The molecule has 1 aromatic carbocycles. The van der Waals surface area contributed by atoms with Crippen LogP contribution in [0.2, 0.25) is 0 Å². The van der Waals surface area contributed by atoms with Gasteiger partial charge >= 0.3 is 6.18 Å². The summed E-state index contributed by atoms with van der Waals surface area (Å²) in [5, 5.41) is 0. The van der Waals surface area contributed by atoms with Crippen molar-refractivity contribution in [2.24, 2.45) is 0 Å². The zero-order valence-corrected chi connectivity index (χ0v) is 20.9. The molecule has 11 heteroatoms.